The van der Waals surface area contributed by atoms with Crippen LogP contribution >= 0.6 is 7.82 Å². The molecule has 52 heavy (non-hydrogen) atoms. The first kappa shape index (κ1) is 50.7. The van der Waals surface area contributed by atoms with E-state index in [9.17, 15) is 29.3 Å². The average molecular weight is 763 g/mol. The van der Waals surface area contributed by atoms with Crippen molar-refractivity contribution in [2.45, 2.75) is 212 Å². The van der Waals surface area contributed by atoms with E-state index in [1.54, 1.807) is 0 Å². The topological polar surface area (TPSA) is 149 Å². The molecular formula is C41H79O10P. The van der Waals surface area contributed by atoms with Gasteiger partial charge in [-0.1, -0.05) is 161 Å². The minimum atomic E-state index is -4.63. The van der Waals surface area contributed by atoms with Crippen molar-refractivity contribution in [1.82, 2.24) is 0 Å². The van der Waals surface area contributed by atoms with Crippen LogP contribution < -0.4 is 0 Å². The number of ether oxygens (including phenoxy) is 2. The Kier molecular flexibility index (Phi) is 37.1. The van der Waals surface area contributed by atoms with Gasteiger partial charge >= 0.3 is 19.8 Å². The Bertz CT molecular complexity index is 884. The van der Waals surface area contributed by atoms with E-state index in [0.29, 0.717) is 12.8 Å². The van der Waals surface area contributed by atoms with Crippen molar-refractivity contribution in [1.29, 1.82) is 0 Å². The second kappa shape index (κ2) is 38.0. The van der Waals surface area contributed by atoms with Gasteiger partial charge in [0.25, 0.3) is 0 Å². The Morgan fingerprint density at radius 3 is 1.10 bits per heavy atom. The van der Waals surface area contributed by atoms with E-state index < -0.39 is 58.4 Å². The van der Waals surface area contributed by atoms with E-state index in [0.717, 1.165) is 51.4 Å². The van der Waals surface area contributed by atoms with Gasteiger partial charge in [-0.25, -0.2) is 4.57 Å². The van der Waals surface area contributed by atoms with Gasteiger partial charge in [0.1, 0.15) is 12.2 Å². The molecule has 0 fully saturated rings. The third kappa shape index (κ3) is 35.7. The van der Waals surface area contributed by atoms with E-state index in [2.05, 4.69) is 26.0 Å². The molecule has 0 aliphatic rings. The van der Waals surface area contributed by atoms with Crippen molar-refractivity contribution < 1.29 is 47.8 Å². The van der Waals surface area contributed by atoms with E-state index in [1.165, 1.54) is 109 Å². The van der Waals surface area contributed by atoms with Crippen molar-refractivity contribution in [2.75, 3.05) is 26.4 Å². The molecule has 0 bridgehead atoms. The Hall–Kier alpha value is -1.29. The summed E-state index contributed by atoms with van der Waals surface area (Å²) in [5.74, 6) is -1.02. The maximum absolute atomic E-state index is 12.3. The van der Waals surface area contributed by atoms with E-state index in [4.69, 9.17) is 18.5 Å². The number of aliphatic hydroxyl groups is 2. The molecule has 0 aliphatic heterocycles. The fraction of sp³-hybridized carbons (Fsp3) is 0.902. The van der Waals surface area contributed by atoms with Gasteiger partial charge in [0.05, 0.1) is 26.4 Å². The predicted molar refractivity (Wildman–Crippen MR) is 210 cm³/mol. The highest BCUT2D eigenvalue weighted by Gasteiger charge is 2.27. The lowest BCUT2D eigenvalue weighted by Gasteiger charge is -2.20. The molecule has 10 nitrogen and oxygen atoms in total. The number of rotatable bonds is 40. The second-order valence-corrected chi connectivity index (χ2v) is 15.8. The minimum absolute atomic E-state index is 0.186. The number of carbonyl (C=O) groups is 2. The molecule has 0 heterocycles. The molecule has 0 rings (SSSR count). The monoisotopic (exact) mass is 763 g/mol. The fourth-order valence-corrected chi connectivity index (χ4v) is 6.72. The van der Waals surface area contributed by atoms with Crippen LogP contribution in [0.15, 0.2) is 12.2 Å². The van der Waals surface area contributed by atoms with Crippen LogP contribution in [0.25, 0.3) is 0 Å². The fourth-order valence-electron chi connectivity index (χ4n) is 5.93. The van der Waals surface area contributed by atoms with E-state index in [-0.39, 0.29) is 12.8 Å². The molecule has 308 valence electrons. The summed E-state index contributed by atoms with van der Waals surface area (Å²) in [6, 6.07) is 0. The molecule has 0 aromatic carbocycles. The lowest BCUT2D eigenvalue weighted by molar-refractivity contribution is -0.153. The highest BCUT2D eigenvalue weighted by molar-refractivity contribution is 7.47. The standard InChI is InChI=1S/C41H79O10P/c1-3-5-7-9-11-13-15-17-18-19-21-23-25-27-29-31-33-41(45)51-39(35-43)37-49-52(46,47)48-36-38(34-42)50-40(44)32-30-28-26-24-22-20-16-14-12-10-8-6-4-2/h18-19,38-39,42-43H,3-17,20-37H2,1-2H3,(H,46,47)/b19-18-. The second-order valence-electron chi connectivity index (χ2n) is 14.3. The first-order chi connectivity index (χ1) is 25.3. The minimum Gasteiger partial charge on any atom is -0.457 e. The van der Waals surface area contributed by atoms with Crippen LogP contribution in [0.4, 0.5) is 0 Å². The third-order valence-corrected chi connectivity index (χ3v) is 10.2. The Balaban J connectivity index is 3.93. The normalized spacial score (nSPS) is 14.0. The molecular weight excluding hydrogens is 683 g/mol. The summed E-state index contributed by atoms with van der Waals surface area (Å²) in [6.07, 6.45) is 34.7. The van der Waals surface area contributed by atoms with Crippen molar-refractivity contribution in [3.63, 3.8) is 0 Å². The number of hydrogen-bond acceptors (Lipinski definition) is 9. The van der Waals surface area contributed by atoms with Gasteiger partial charge in [-0.3, -0.25) is 18.6 Å². The SMILES string of the molecule is CCCCCCCCC/C=C\CCCCCCCC(=O)OC(CO)COP(=O)(O)OCC(CO)OC(=O)CCCCCCCCCCCCCCC. The van der Waals surface area contributed by atoms with Crippen LogP contribution in [0.5, 0.6) is 0 Å². The van der Waals surface area contributed by atoms with Crippen molar-refractivity contribution in [3.05, 3.63) is 12.2 Å². The van der Waals surface area contributed by atoms with Crippen molar-refractivity contribution >= 4 is 19.8 Å². The summed E-state index contributed by atoms with van der Waals surface area (Å²) >= 11 is 0. The lowest BCUT2D eigenvalue weighted by Crippen LogP contribution is -2.28. The van der Waals surface area contributed by atoms with Gasteiger partial charge in [0.2, 0.25) is 0 Å². The molecule has 3 atom stereocenters. The zero-order chi connectivity index (χ0) is 38.4. The molecule has 0 aromatic heterocycles. The molecule has 0 saturated heterocycles. The third-order valence-electron chi connectivity index (χ3n) is 9.23. The number of phosphoric acid groups is 1. The Morgan fingerprint density at radius 2 is 0.788 bits per heavy atom. The maximum atomic E-state index is 12.3. The molecule has 0 aromatic rings. The van der Waals surface area contributed by atoms with Gasteiger partial charge in [-0.2, -0.15) is 0 Å². The average Bonchev–Trinajstić information content (AvgIpc) is 3.13. The van der Waals surface area contributed by atoms with Gasteiger partial charge in [-0.05, 0) is 38.5 Å². The van der Waals surface area contributed by atoms with Crippen LogP contribution in [-0.2, 0) is 32.7 Å². The van der Waals surface area contributed by atoms with E-state index in [1.807, 2.05) is 0 Å². The van der Waals surface area contributed by atoms with Crippen LogP contribution in [0.3, 0.4) is 0 Å². The molecule has 0 spiro atoms. The molecule has 3 unspecified atom stereocenters. The van der Waals surface area contributed by atoms with Crippen molar-refractivity contribution in [3.8, 4) is 0 Å². The molecule has 0 amide bonds. The molecule has 0 saturated carbocycles. The van der Waals surface area contributed by atoms with Gasteiger partial charge in [0.15, 0.2) is 0 Å². The number of phosphoric ester groups is 1. The number of aliphatic hydroxyl groups excluding tert-OH is 2. The maximum Gasteiger partial charge on any atom is 0.472 e. The summed E-state index contributed by atoms with van der Waals surface area (Å²) in [5.41, 5.74) is 0. The summed E-state index contributed by atoms with van der Waals surface area (Å²) in [6.45, 7) is 2.21. The molecule has 11 heteroatoms. The van der Waals surface area contributed by atoms with Gasteiger partial charge < -0.3 is 24.6 Å². The Morgan fingerprint density at radius 1 is 0.500 bits per heavy atom. The molecule has 3 N–H and O–H groups in total. The molecule has 0 aliphatic carbocycles. The summed E-state index contributed by atoms with van der Waals surface area (Å²) < 4.78 is 32.5. The van der Waals surface area contributed by atoms with Gasteiger partial charge in [0, 0.05) is 12.8 Å². The summed E-state index contributed by atoms with van der Waals surface area (Å²) in [4.78, 5) is 34.4. The number of carbonyl (C=O) groups excluding carboxylic acids is 2. The summed E-state index contributed by atoms with van der Waals surface area (Å²) in [7, 11) is -4.63. The predicted octanol–water partition coefficient (Wildman–Crippen LogP) is 10.8. The highest BCUT2D eigenvalue weighted by Crippen LogP contribution is 2.43. The van der Waals surface area contributed by atoms with Crippen LogP contribution in [0, 0.1) is 0 Å². The first-order valence-electron chi connectivity index (χ1n) is 21.1. The first-order valence-corrected chi connectivity index (χ1v) is 22.6. The number of hydrogen-bond donors (Lipinski definition) is 3. The van der Waals surface area contributed by atoms with Crippen LogP contribution in [-0.4, -0.2) is 65.7 Å². The van der Waals surface area contributed by atoms with E-state index >= 15 is 0 Å². The van der Waals surface area contributed by atoms with Crippen LogP contribution in [0.1, 0.15) is 200 Å². The Labute approximate surface area is 317 Å². The van der Waals surface area contributed by atoms with Gasteiger partial charge in [-0.15, -0.1) is 0 Å². The van der Waals surface area contributed by atoms with Crippen molar-refractivity contribution in [2.24, 2.45) is 0 Å². The van der Waals surface area contributed by atoms with Crippen LogP contribution in [0.2, 0.25) is 0 Å². The molecule has 0 radical (unpaired) electrons. The number of allylic oxidation sites excluding steroid dienone is 2. The zero-order valence-corrected chi connectivity index (χ0v) is 34.2. The summed E-state index contributed by atoms with van der Waals surface area (Å²) in [5, 5.41) is 19.1. The lowest BCUT2D eigenvalue weighted by atomic mass is 10.0. The quantitative estimate of drug-likeness (QED) is 0.0238. The highest BCUT2D eigenvalue weighted by atomic mass is 31.2. The number of unbranched alkanes of at least 4 members (excludes halogenated alkanes) is 24. The largest absolute Gasteiger partial charge is 0.472 e. The smallest absolute Gasteiger partial charge is 0.457 e. The zero-order valence-electron chi connectivity index (χ0n) is 33.3. The number of esters is 2.